The Kier molecular flexibility index (Phi) is 5.23. The smallest absolute Gasteiger partial charge is 0.258 e. The van der Waals surface area contributed by atoms with Crippen LogP contribution in [0.15, 0.2) is 40.8 Å². The average Bonchev–Trinajstić information content (AvgIpc) is 3.26. The number of aromatic nitrogens is 2. The molecule has 1 aliphatic heterocycles. The first kappa shape index (κ1) is 22.6. The van der Waals surface area contributed by atoms with Gasteiger partial charge in [-0.05, 0) is 61.1 Å². The summed E-state index contributed by atoms with van der Waals surface area (Å²) < 4.78 is 31.1. The van der Waals surface area contributed by atoms with Gasteiger partial charge in [0.2, 0.25) is 5.89 Å². The molecule has 0 saturated heterocycles. The molecule has 3 saturated carbocycles. The second-order valence-electron chi connectivity index (χ2n) is 9.87. The van der Waals surface area contributed by atoms with E-state index in [-0.39, 0.29) is 46.3 Å². The van der Waals surface area contributed by atoms with Crippen molar-refractivity contribution in [2.24, 2.45) is 0 Å². The molecule has 3 fully saturated rings. The quantitative estimate of drug-likeness (QED) is 0.463. The van der Waals surface area contributed by atoms with E-state index in [1.807, 2.05) is 18.2 Å². The molecular weight excluding hydrogens is 496 g/mol. The van der Waals surface area contributed by atoms with Crippen LogP contribution in [0.4, 0.5) is 4.39 Å². The van der Waals surface area contributed by atoms with Crippen molar-refractivity contribution >= 4 is 29.1 Å². The Morgan fingerprint density at radius 3 is 2.77 bits per heavy atom. The number of benzene rings is 2. The first-order valence-electron chi connectivity index (χ1n) is 11.4. The Morgan fingerprint density at radius 2 is 2.00 bits per heavy atom. The van der Waals surface area contributed by atoms with E-state index < -0.39 is 5.82 Å². The summed E-state index contributed by atoms with van der Waals surface area (Å²) in [5.74, 6) is 1.49. The fourth-order valence-electron chi connectivity index (χ4n) is 5.59. The second kappa shape index (κ2) is 8.10. The third kappa shape index (κ3) is 3.93. The molecule has 3 aromatic rings. The zero-order valence-corrected chi connectivity index (χ0v) is 20.3. The minimum Gasteiger partial charge on any atom is -0.484 e. The zero-order valence-electron chi connectivity index (χ0n) is 18.8. The summed E-state index contributed by atoms with van der Waals surface area (Å²) in [4.78, 5) is 12.4. The number of amides is 1. The van der Waals surface area contributed by atoms with Crippen molar-refractivity contribution in [3.8, 4) is 11.5 Å². The Hall–Kier alpha value is -2.84. The summed E-state index contributed by atoms with van der Waals surface area (Å²) >= 11 is 11.8. The number of hydrogen-bond donors (Lipinski definition) is 1. The molecule has 10 heteroatoms. The highest BCUT2D eigenvalue weighted by atomic mass is 35.5. The van der Waals surface area contributed by atoms with E-state index in [0.29, 0.717) is 16.8 Å². The summed E-state index contributed by atoms with van der Waals surface area (Å²) in [5, 5.41) is 12.3. The molecular formula is C25H22Cl2FN3O4. The molecule has 1 N–H and O–H groups in total. The number of carbonyl (C=O) groups excluding carboxylic acids is 1. The molecule has 35 heavy (non-hydrogen) atoms. The van der Waals surface area contributed by atoms with E-state index in [0.717, 1.165) is 43.1 Å². The van der Waals surface area contributed by atoms with Crippen LogP contribution in [-0.4, -0.2) is 28.3 Å². The first-order valence-corrected chi connectivity index (χ1v) is 12.2. The van der Waals surface area contributed by atoms with Gasteiger partial charge < -0.3 is 19.2 Å². The van der Waals surface area contributed by atoms with Crippen LogP contribution in [-0.2, 0) is 10.2 Å². The van der Waals surface area contributed by atoms with E-state index in [1.165, 1.54) is 12.1 Å². The van der Waals surface area contributed by atoms with Crippen LogP contribution in [0.3, 0.4) is 0 Å². The van der Waals surface area contributed by atoms with E-state index in [2.05, 4.69) is 22.4 Å². The molecule has 0 radical (unpaired) electrons. The number of halogens is 3. The lowest BCUT2D eigenvalue weighted by atomic mass is 9.39. The SMILES string of the molecule is C[C@@H]1C[C@H](c2nnc(C34CC(NC(=O)COc5ccc(Cl)c(F)c5)(C3)C4)o2)Oc2ccc(Cl)cc21. The van der Waals surface area contributed by atoms with Gasteiger partial charge in [0.1, 0.15) is 17.3 Å². The molecule has 3 aliphatic carbocycles. The van der Waals surface area contributed by atoms with Gasteiger partial charge >= 0.3 is 0 Å². The van der Waals surface area contributed by atoms with Crippen molar-refractivity contribution in [1.29, 1.82) is 0 Å². The molecule has 2 atom stereocenters. The predicted molar refractivity (Wildman–Crippen MR) is 125 cm³/mol. The van der Waals surface area contributed by atoms with Crippen molar-refractivity contribution in [3.05, 3.63) is 69.6 Å². The molecule has 2 heterocycles. The maximum atomic E-state index is 13.5. The van der Waals surface area contributed by atoms with Crippen LogP contribution in [0.5, 0.6) is 11.5 Å². The molecule has 0 unspecified atom stereocenters. The van der Waals surface area contributed by atoms with Gasteiger partial charge in [-0.2, -0.15) is 0 Å². The Bertz CT molecular complexity index is 1310. The van der Waals surface area contributed by atoms with Crippen molar-refractivity contribution in [1.82, 2.24) is 15.5 Å². The fraction of sp³-hybridized carbons (Fsp3) is 0.400. The van der Waals surface area contributed by atoms with Crippen LogP contribution in [0, 0.1) is 5.82 Å². The van der Waals surface area contributed by atoms with Crippen LogP contribution in [0.25, 0.3) is 0 Å². The molecule has 2 bridgehead atoms. The van der Waals surface area contributed by atoms with Crippen LogP contribution in [0.1, 0.15) is 62.0 Å². The van der Waals surface area contributed by atoms with Gasteiger partial charge in [-0.15, -0.1) is 10.2 Å². The van der Waals surface area contributed by atoms with Crippen molar-refractivity contribution < 1.29 is 23.1 Å². The number of rotatable bonds is 6. The van der Waals surface area contributed by atoms with Gasteiger partial charge in [-0.1, -0.05) is 30.1 Å². The number of nitrogens with zero attached hydrogens (tertiary/aromatic N) is 2. The maximum Gasteiger partial charge on any atom is 0.258 e. The number of fused-ring (bicyclic) bond motifs is 1. The zero-order chi connectivity index (χ0) is 24.4. The summed E-state index contributed by atoms with van der Waals surface area (Å²) in [7, 11) is 0. The molecule has 7 nitrogen and oxygen atoms in total. The third-order valence-electron chi connectivity index (χ3n) is 7.21. The van der Waals surface area contributed by atoms with Crippen molar-refractivity contribution in [2.45, 2.75) is 55.6 Å². The van der Waals surface area contributed by atoms with Crippen molar-refractivity contribution in [2.75, 3.05) is 6.61 Å². The summed E-state index contributed by atoms with van der Waals surface area (Å²) in [5.41, 5.74) is 0.592. The summed E-state index contributed by atoms with van der Waals surface area (Å²) in [6.45, 7) is 1.92. The van der Waals surface area contributed by atoms with Crippen LogP contribution in [0.2, 0.25) is 10.0 Å². The average molecular weight is 518 g/mol. The molecule has 2 aromatic carbocycles. The van der Waals surface area contributed by atoms with Crippen LogP contribution >= 0.6 is 23.2 Å². The number of hydrogen-bond acceptors (Lipinski definition) is 6. The minimum absolute atomic E-state index is 0.00411. The Balaban J connectivity index is 1.05. The highest BCUT2D eigenvalue weighted by Crippen LogP contribution is 2.67. The number of ether oxygens (including phenoxy) is 2. The topological polar surface area (TPSA) is 86.5 Å². The van der Waals surface area contributed by atoms with Crippen LogP contribution < -0.4 is 14.8 Å². The fourth-order valence-corrected chi connectivity index (χ4v) is 5.88. The monoisotopic (exact) mass is 517 g/mol. The lowest BCUT2D eigenvalue weighted by Crippen LogP contribution is -2.77. The molecule has 1 amide bonds. The van der Waals surface area contributed by atoms with Crippen molar-refractivity contribution in [3.63, 3.8) is 0 Å². The lowest BCUT2D eigenvalue weighted by molar-refractivity contribution is -0.143. The van der Waals surface area contributed by atoms with E-state index in [9.17, 15) is 9.18 Å². The predicted octanol–water partition coefficient (Wildman–Crippen LogP) is 5.51. The third-order valence-corrected chi connectivity index (χ3v) is 7.75. The number of nitrogens with one attached hydrogen (secondary N) is 1. The molecule has 4 aliphatic rings. The highest BCUT2D eigenvalue weighted by Gasteiger charge is 2.71. The van der Waals surface area contributed by atoms with Gasteiger partial charge in [0.25, 0.3) is 11.8 Å². The van der Waals surface area contributed by atoms with Gasteiger partial charge in [-0.25, -0.2) is 4.39 Å². The Labute approximate surface area is 210 Å². The second-order valence-corrected chi connectivity index (χ2v) is 10.7. The van der Waals surface area contributed by atoms with E-state index >= 15 is 0 Å². The van der Waals surface area contributed by atoms with E-state index in [1.54, 1.807) is 0 Å². The standard InChI is InChI=1S/C25H22Cl2FN3O4/c1-13-6-20(34-19-5-2-14(26)7-16(13)19)22-30-31-23(35-22)24-10-25(11-24,12-24)29-21(32)9-33-15-3-4-17(27)18(28)8-15/h2-5,7-8,13,20H,6,9-12H2,1H3,(H,29,32)/t13-,20-,24?,25?/m1/s1. The van der Waals surface area contributed by atoms with Gasteiger partial charge in [0.15, 0.2) is 12.7 Å². The summed E-state index contributed by atoms with van der Waals surface area (Å²) in [6, 6.07) is 9.68. The number of carbonyl (C=O) groups is 1. The molecule has 1 aromatic heterocycles. The Morgan fingerprint density at radius 1 is 1.20 bits per heavy atom. The maximum absolute atomic E-state index is 13.5. The van der Waals surface area contributed by atoms with Gasteiger partial charge in [0, 0.05) is 23.0 Å². The molecule has 0 spiro atoms. The van der Waals surface area contributed by atoms with Gasteiger partial charge in [-0.3, -0.25) is 4.79 Å². The molecule has 182 valence electrons. The van der Waals surface area contributed by atoms with E-state index in [4.69, 9.17) is 37.1 Å². The molecule has 7 rings (SSSR count). The highest BCUT2D eigenvalue weighted by molar-refractivity contribution is 6.31. The largest absolute Gasteiger partial charge is 0.484 e. The first-order chi connectivity index (χ1) is 16.7. The van der Waals surface area contributed by atoms with Gasteiger partial charge in [0.05, 0.1) is 10.4 Å². The summed E-state index contributed by atoms with van der Waals surface area (Å²) in [6.07, 6.45) is 2.60. The lowest BCUT2D eigenvalue weighted by Gasteiger charge is -2.68. The minimum atomic E-state index is -0.591. The normalized spacial score (nSPS) is 28.2.